The molecule has 3 aromatic rings. The van der Waals surface area contributed by atoms with Crippen LogP contribution >= 0.6 is 0 Å². The van der Waals surface area contributed by atoms with Crippen LogP contribution in [-0.2, 0) is 16.6 Å². The maximum Gasteiger partial charge on any atom is 0.272 e. The number of benzene rings is 1. The minimum absolute atomic E-state index is 0.0218. The lowest BCUT2D eigenvalue weighted by Gasteiger charge is -2.36. The fraction of sp³-hybridized carbons (Fsp3) is 0.500. The van der Waals surface area contributed by atoms with Crippen LogP contribution < -0.4 is 0 Å². The van der Waals surface area contributed by atoms with Crippen molar-refractivity contribution in [2.75, 3.05) is 46.4 Å². The quantitative estimate of drug-likeness (QED) is 0.576. The Balaban J connectivity index is 1.33. The Hall–Kier alpha value is -2.90. The number of rotatable bonds is 4. The highest BCUT2D eigenvalue weighted by Gasteiger charge is 2.34. The van der Waals surface area contributed by atoms with E-state index in [0.29, 0.717) is 32.0 Å². The van der Waals surface area contributed by atoms with E-state index in [1.165, 1.54) is 10.9 Å². The third kappa shape index (κ3) is 5.36. The average Bonchev–Trinajstić information content (AvgIpc) is 3.10. The van der Waals surface area contributed by atoms with Crippen LogP contribution in [0.25, 0.3) is 10.8 Å². The number of pyridine rings is 1. The van der Waals surface area contributed by atoms with Gasteiger partial charge in [-0.1, -0.05) is 19.1 Å². The molecule has 0 unspecified atom stereocenters. The van der Waals surface area contributed by atoms with Crippen LogP contribution in [0, 0.1) is 12.8 Å². The molecule has 7 nitrogen and oxygen atoms in total. The van der Waals surface area contributed by atoms with Crippen LogP contribution in [-0.4, -0.2) is 77.1 Å². The summed E-state index contributed by atoms with van der Waals surface area (Å²) in [6, 6.07) is 10.4. The number of carbonyl (C=O) groups is 1. The van der Waals surface area contributed by atoms with Gasteiger partial charge in [0, 0.05) is 47.9 Å². The Labute approximate surface area is 207 Å². The largest absolute Gasteiger partial charge is 0.379 e. The first-order chi connectivity index (χ1) is 16.9. The molecule has 1 amide bonds. The first kappa shape index (κ1) is 23.8. The highest BCUT2D eigenvalue weighted by atomic mass is 16.5. The lowest BCUT2D eigenvalue weighted by molar-refractivity contribution is 0.0730. The number of amides is 1. The molecule has 35 heavy (non-hydrogen) atoms. The monoisotopic (exact) mass is 473 g/mol. The van der Waals surface area contributed by atoms with Crippen molar-refractivity contribution >= 4 is 16.7 Å². The van der Waals surface area contributed by atoms with Gasteiger partial charge in [-0.25, -0.2) is 9.97 Å². The molecule has 0 aliphatic carbocycles. The second-order valence-electron chi connectivity index (χ2n) is 10.5. The van der Waals surface area contributed by atoms with Gasteiger partial charge in [-0.3, -0.25) is 9.78 Å². The fourth-order valence-corrected chi connectivity index (χ4v) is 5.23. The topological polar surface area (TPSA) is 71.5 Å². The number of likely N-dealkylation sites (tertiary alicyclic amines) is 1. The second kappa shape index (κ2) is 9.99. The number of ether oxygens (including phenoxy) is 1. The maximum atomic E-state index is 13.6. The Morgan fingerprint density at radius 3 is 2.77 bits per heavy atom. The van der Waals surface area contributed by atoms with Crippen molar-refractivity contribution in [3.8, 4) is 0 Å². The van der Waals surface area contributed by atoms with Crippen molar-refractivity contribution < 1.29 is 9.53 Å². The van der Waals surface area contributed by atoms with Crippen LogP contribution in [0.5, 0.6) is 0 Å². The van der Waals surface area contributed by atoms with Crippen molar-refractivity contribution in [3.05, 3.63) is 65.5 Å². The molecule has 5 rings (SSSR count). The van der Waals surface area contributed by atoms with Gasteiger partial charge in [-0.2, -0.15) is 0 Å². The predicted octanol–water partition coefficient (Wildman–Crippen LogP) is 3.65. The van der Waals surface area contributed by atoms with Gasteiger partial charge in [-0.15, -0.1) is 0 Å². The Morgan fingerprint density at radius 1 is 1.11 bits per heavy atom. The van der Waals surface area contributed by atoms with E-state index < -0.39 is 0 Å². The number of carbonyl (C=O) groups excluding carboxylic acids is 1. The van der Waals surface area contributed by atoms with Gasteiger partial charge in [0.1, 0.15) is 11.5 Å². The molecule has 2 fully saturated rings. The van der Waals surface area contributed by atoms with E-state index in [1.54, 1.807) is 0 Å². The van der Waals surface area contributed by atoms with Gasteiger partial charge in [0.25, 0.3) is 5.91 Å². The third-order valence-corrected chi connectivity index (χ3v) is 7.56. The van der Waals surface area contributed by atoms with Gasteiger partial charge in [-0.05, 0) is 75.5 Å². The van der Waals surface area contributed by atoms with Gasteiger partial charge in [0.05, 0.1) is 13.2 Å². The van der Waals surface area contributed by atoms with Crippen LogP contribution in [0.15, 0.2) is 42.7 Å². The summed E-state index contributed by atoms with van der Waals surface area (Å²) in [7, 11) is 2.15. The summed E-state index contributed by atoms with van der Waals surface area (Å²) in [6.45, 7) is 8.67. The molecule has 4 heterocycles. The van der Waals surface area contributed by atoms with Crippen molar-refractivity contribution in [1.82, 2.24) is 24.8 Å². The molecule has 0 N–H and O–H groups in total. The highest BCUT2D eigenvalue weighted by Crippen LogP contribution is 2.33. The van der Waals surface area contributed by atoms with Gasteiger partial charge in [0.2, 0.25) is 0 Å². The number of piperidine rings is 1. The van der Waals surface area contributed by atoms with E-state index in [4.69, 9.17) is 14.7 Å². The van der Waals surface area contributed by atoms with Gasteiger partial charge < -0.3 is 14.5 Å². The zero-order chi connectivity index (χ0) is 24.4. The minimum Gasteiger partial charge on any atom is -0.379 e. The summed E-state index contributed by atoms with van der Waals surface area (Å²) in [5, 5.41) is 2.32. The van der Waals surface area contributed by atoms with E-state index in [1.807, 2.05) is 36.4 Å². The van der Waals surface area contributed by atoms with E-state index in [9.17, 15) is 4.79 Å². The second-order valence-corrected chi connectivity index (χ2v) is 10.5. The third-order valence-electron chi connectivity index (χ3n) is 7.56. The first-order valence-electron chi connectivity index (χ1n) is 12.6. The zero-order valence-electron chi connectivity index (χ0n) is 21.0. The molecule has 184 valence electrons. The minimum atomic E-state index is -0.0943. The fourth-order valence-electron chi connectivity index (χ4n) is 5.23. The first-order valence-corrected chi connectivity index (χ1v) is 12.6. The molecule has 0 spiro atoms. The van der Waals surface area contributed by atoms with E-state index in [0.717, 1.165) is 49.3 Å². The molecule has 1 aromatic carbocycles. The molecule has 7 heteroatoms. The average molecular weight is 474 g/mol. The summed E-state index contributed by atoms with van der Waals surface area (Å²) in [5.74, 6) is 1.01. The zero-order valence-corrected chi connectivity index (χ0v) is 21.0. The molecule has 0 saturated carbocycles. The van der Waals surface area contributed by atoms with Crippen molar-refractivity contribution in [1.29, 1.82) is 0 Å². The van der Waals surface area contributed by atoms with Crippen molar-refractivity contribution in [2.24, 2.45) is 5.92 Å². The van der Waals surface area contributed by atoms with Crippen LogP contribution in [0.2, 0.25) is 0 Å². The summed E-state index contributed by atoms with van der Waals surface area (Å²) in [5.41, 5.74) is 2.50. The van der Waals surface area contributed by atoms with Crippen LogP contribution in [0.4, 0.5) is 0 Å². The van der Waals surface area contributed by atoms with E-state index >= 15 is 0 Å². The number of nitrogens with zero attached hydrogens (tertiary/aromatic N) is 5. The molecular formula is C28H35N5O2. The lowest BCUT2D eigenvalue weighted by Crippen LogP contribution is -2.41. The number of aromatic nitrogens is 3. The lowest BCUT2D eigenvalue weighted by atomic mass is 9.79. The van der Waals surface area contributed by atoms with Crippen molar-refractivity contribution in [3.63, 3.8) is 0 Å². The molecule has 2 aliphatic rings. The number of aryl methyl sites for hydroxylation is 1. The van der Waals surface area contributed by atoms with Crippen LogP contribution in [0.1, 0.15) is 47.3 Å². The molecular weight excluding hydrogens is 438 g/mol. The smallest absolute Gasteiger partial charge is 0.272 e. The Bertz CT molecular complexity index is 1200. The Morgan fingerprint density at radius 2 is 1.94 bits per heavy atom. The molecule has 0 radical (unpaired) electrons. The normalized spacial score (nSPS) is 21.1. The molecule has 2 aromatic heterocycles. The predicted molar refractivity (Wildman–Crippen MR) is 137 cm³/mol. The van der Waals surface area contributed by atoms with Gasteiger partial charge >= 0.3 is 0 Å². The van der Waals surface area contributed by atoms with E-state index in [2.05, 4.69) is 42.1 Å². The molecule has 2 saturated heterocycles. The SMILES string of the molecule is Cc1cc(C(=O)N2CCOC[C@H](Cc3ccc4ccncc4c3)C2)nc(C2(C)CCN(C)CC2)n1. The number of hydrogen-bond acceptors (Lipinski definition) is 6. The summed E-state index contributed by atoms with van der Waals surface area (Å²) in [4.78, 5) is 31.7. The standard InChI is InChI=1S/C28H35N5O2/c1-20-14-25(31-27(30-20)28(2)7-10-32(3)11-8-28)26(34)33-12-13-35-19-22(18-33)15-21-4-5-23-6-9-29-17-24(23)16-21/h4-6,9,14,16-17,22H,7-8,10-13,15,18-19H2,1-3H3/t22-/m1/s1. The Kier molecular flexibility index (Phi) is 6.80. The molecule has 2 aliphatic heterocycles. The molecule has 0 bridgehead atoms. The number of fused-ring (bicyclic) bond motifs is 1. The summed E-state index contributed by atoms with van der Waals surface area (Å²) >= 11 is 0. The van der Waals surface area contributed by atoms with Crippen LogP contribution in [0.3, 0.4) is 0 Å². The number of hydrogen-bond donors (Lipinski definition) is 0. The highest BCUT2D eigenvalue weighted by molar-refractivity contribution is 5.92. The van der Waals surface area contributed by atoms with Gasteiger partial charge in [0.15, 0.2) is 0 Å². The maximum absolute atomic E-state index is 13.6. The molecule has 1 atom stereocenters. The van der Waals surface area contributed by atoms with E-state index in [-0.39, 0.29) is 17.2 Å². The summed E-state index contributed by atoms with van der Waals surface area (Å²) in [6.07, 6.45) is 6.58. The summed E-state index contributed by atoms with van der Waals surface area (Å²) < 4.78 is 5.91. The van der Waals surface area contributed by atoms with Crippen molar-refractivity contribution in [2.45, 2.75) is 38.5 Å².